The van der Waals surface area contributed by atoms with Gasteiger partial charge in [0.15, 0.2) is 0 Å². The lowest BCUT2D eigenvalue weighted by molar-refractivity contribution is -0.149. The maximum atomic E-state index is 12.2. The van der Waals surface area contributed by atoms with Gasteiger partial charge in [0.05, 0.1) is 13.2 Å². The van der Waals surface area contributed by atoms with Gasteiger partial charge in [-0.3, -0.25) is 9.59 Å². The van der Waals surface area contributed by atoms with Crippen LogP contribution in [-0.2, 0) is 14.3 Å². The molecule has 2 amide bonds. The smallest absolute Gasteiger partial charge is 0.312 e. The summed E-state index contributed by atoms with van der Waals surface area (Å²) in [5.41, 5.74) is -0.108. The first-order valence-corrected chi connectivity index (χ1v) is 7.65. The van der Waals surface area contributed by atoms with E-state index in [1.807, 2.05) is 0 Å². The molecule has 0 aromatic rings. The van der Waals surface area contributed by atoms with Gasteiger partial charge in [-0.25, -0.2) is 0 Å². The van der Waals surface area contributed by atoms with Gasteiger partial charge in [0, 0.05) is 30.2 Å². The second kappa shape index (κ2) is 5.93. The number of rotatable bonds is 1. The van der Waals surface area contributed by atoms with Gasteiger partial charge >= 0.3 is 11.8 Å². The first-order chi connectivity index (χ1) is 9.69. The molecule has 2 N–H and O–H groups in total. The van der Waals surface area contributed by atoms with E-state index >= 15 is 0 Å². The molecule has 2 saturated heterocycles. The van der Waals surface area contributed by atoms with Crippen LogP contribution in [-0.4, -0.2) is 60.1 Å². The van der Waals surface area contributed by atoms with Crippen molar-refractivity contribution in [2.24, 2.45) is 0 Å². The van der Waals surface area contributed by atoms with E-state index in [1.54, 1.807) is 4.90 Å². The van der Waals surface area contributed by atoms with E-state index in [1.165, 1.54) is 0 Å². The van der Waals surface area contributed by atoms with Crippen molar-refractivity contribution < 1.29 is 14.3 Å². The number of carbonyl (C=O) groups is 2. The molecule has 2 aliphatic rings. The highest BCUT2D eigenvalue weighted by atomic mass is 16.5. The molecule has 0 bridgehead atoms. The SMILES string of the molecule is CC1(C)CC(NC(=O)C(=O)N2CCOCC2)CC(C)(C)N1. The summed E-state index contributed by atoms with van der Waals surface area (Å²) in [5.74, 6) is -0.928. The highest BCUT2D eigenvalue weighted by molar-refractivity contribution is 6.35. The van der Waals surface area contributed by atoms with E-state index in [0.717, 1.165) is 12.8 Å². The van der Waals surface area contributed by atoms with E-state index < -0.39 is 11.8 Å². The van der Waals surface area contributed by atoms with Crippen LogP contribution in [0.1, 0.15) is 40.5 Å². The predicted molar refractivity (Wildman–Crippen MR) is 79.9 cm³/mol. The largest absolute Gasteiger partial charge is 0.378 e. The zero-order valence-electron chi connectivity index (χ0n) is 13.5. The van der Waals surface area contributed by atoms with Gasteiger partial charge < -0.3 is 20.3 Å². The maximum absolute atomic E-state index is 12.2. The number of hydrogen-bond acceptors (Lipinski definition) is 4. The summed E-state index contributed by atoms with van der Waals surface area (Å²) in [6.45, 7) is 10.5. The number of carbonyl (C=O) groups excluding carboxylic acids is 2. The summed E-state index contributed by atoms with van der Waals surface area (Å²) in [7, 11) is 0. The van der Waals surface area contributed by atoms with Crippen molar-refractivity contribution in [3.05, 3.63) is 0 Å². The quantitative estimate of drug-likeness (QED) is 0.682. The van der Waals surface area contributed by atoms with Gasteiger partial charge in [-0.1, -0.05) is 0 Å². The molecule has 6 nitrogen and oxygen atoms in total. The molecule has 21 heavy (non-hydrogen) atoms. The molecule has 0 unspecified atom stereocenters. The maximum Gasteiger partial charge on any atom is 0.312 e. The third-order valence-electron chi connectivity index (χ3n) is 4.02. The Morgan fingerprint density at radius 1 is 1.10 bits per heavy atom. The second-order valence-corrected chi connectivity index (χ2v) is 7.38. The van der Waals surface area contributed by atoms with Crippen LogP contribution in [0.2, 0.25) is 0 Å². The molecule has 0 atom stereocenters. The summed E-state index contributed by atoms with van der Waals surface area (Å²) >= 11 is 0. The van der Waals surface area contributed by atoms with Crippen LogP contribution in [0.15, 0.2) is 0 Å². The van der Waals surface area contributed by atoms with Gasteiger partial charge in [0.2, 0.25) is 0 Å². The van der Waals surface area contributed by atoms with Gasteiger partial charge in [-0.15, -0.1) is 0 Å². The van der Waals surface area contributed by atoms with Gasteiger partial charge in [-0.2, -0.15) is 0 Å². The lowest BCUT2D eigenvalue weighted by Crippen LogP contribution is -2.63. The van der Waals surface area contributed by atoms with E-state index in [0.29, 0.717) is 26.3 Å². The normalized spacial score (nSPS) is 25.4. The summed E-state index contributed by atoms with van der Waals surface area (Å²) in [4.78, 5) is 25.9. The molecule has 2 aliphatic heterocycles. The molecular formula is C15H27N3O3. The van der Waals surface area contributed by atoms with Gasteiger partial charge in [0.25, 0.3) is 0 Å². The Morgan fingerprint density at radius 2 is 1.62 bits per heavy atom. The minimum Gasteiger partial charge on any atom is -0.378 e. The molecule has 2 heterocycles. The molecule has 0 saturated carbocycles. The fourth-order valence-corrected chi connectivity index (χ4v) is 3.58. The van der Waals surface area contributed by atoms with Crippen LogP contribution in [0, 0.1) is 0 Å². The van der Waals surface area contributed by atoms with Crippen molar-refractivity contribution in [3.63, 3.8) is 0 Å². The van der Waals surface area contributed by atoms with Crippen molar-refractivity contribution >= 4 is 11.8 Å². The van der Waals surface area contributed by atoms with Crippen LogP contribution in [0.4, 0.5) is 0 Å². The highest BCUT2D eigenvalue weighted by Gasteiger charge is 2.39. The third kappa shape index (κ3) is 4.41. The van der Waals surface area contributed by atoms with Crippen molar-refractivity contribution in [2.45, 2.75) is 57.7 Å². The van der Waals surface area contributed by atoms with Crippen LogP contribution in [0.25, 0.3) is 0 Å². The number of morpholine rings is 1. The number of piperidine rings is 1. The van der Waals surface area contributed by atoms with Gasteiger partial charge in [-0.05, 0) is 40.5 Å². The fraction of sp³-hybridized carbons (Fsp3) is 0.867. The van der Waals surface area contributed by atoms with Crippen LogP contribution in [0.3, 0.4) is 0 Å². The van der Waals surface area contributed by atoms with Crippen LogP contribution in [0.5, 0.6) is 0 Å². The lowest BCUT2D eigenvalue weighted by atomic mass is 9.79. The summed E-state index contributed by atoms with van der Waals surface area (Å²) in [6.07, 6.45) is 1.64. The topological polar surface area (TPSA) is 70.7 Å². The van der Waals surface area contributed by atoms with Crippen molar-refractivity contribution in [1.82, 2.24) is 15.5 Å². The van der Waals surface area contributed by atoms with Crippen LogP contribution >= 0.6 is 0 Å². The number of nitrogens with one attached hydrogen (secondary N) is 2. The lowest BCUT2D eigenvalue weighted by Gasteiger charge is -2.46. The summed E-state index contributed by atoms with van der Waals surface area (Å²) in [6, 6.07) is 0.0220. The standard InChI is InChI=1S/C15H27N3O3/c1-14(2)9-11(10-15(3,4)17-14)16-12(19)13(20)18-5-7-21-8-6-18/h11,17H,5-10H2,1-4H3,(H,16,19). The van der Waals surface area contributed by atoms with Crippen molar-refractivity contribution in [1.29, 1.82) is 0 Å². The Kier molecular flexibility index (Phi) is 4.58. The Hall–Kier alpha value is -1.14. The van der Waals surface area contributed by atoms with Crippen LogP contribution < -0.4 is 10.6 Å². The first-order valence-electron chi connectivity index (χ1n) is 7.65. The zero-order chi connectivity index (χ0) is 15.7. The minimum absolute atomic E-state index is 0.0220. The van der Waals surface area contributed by atoms with E-state index in [4.69, 9.17) is 4.74 Å². The molecule has 2 fully saturated rings. The highest BCUT2D eigenvalue weighted by Crippen LogP contribution is 2.28. The third-order valence-corrected chi connectivity index (χ3v) is 4.02. The molecule has 0 spiro atoms. The Balaban J connectivity index is 1.93. The summed E-state index contributed by atoms with van der Waals surface area (Å²) in [5, 5.41) is 6.48. The van der Waals surface area contributed by atoms with Gasteiger partial charge in [0.1, 0.15) is 0 Å². The molecule has 0 aliphatic carbocycles. The molecular weight excluding hydrogens is 270 g/mol. The fourth-order valence-electron chi connectivity index (χ4n) is 3.58. The number of amides is 2. The van der Waals surface area contributed by atoms with E-state index in [2.05, 4.69) is 38.3 Å². The minimum atomic E-state index is -0.490. The number of hydrogen-bond donors (Lipinski definition) is 2. The molecule has 2 rings (SSSR count). The predicted octanol–water partition coefficient (Wildman–Crippen LogP) is 0.271. The second-order valence-electron chi connectivity index (χ2n) is 7.38. The number of nitrogens with zero attached hydrogens (tertiary/aromatic N) is 1. The average Bonchev–Trinajstić information content (AvgIpc) is 2.35. The summed E-state index contributed by atoms with van der Waals surface area (Å²) < 4.78 is 5.20. The zero-order valence-corrected chi connectivity index (χ0v) is 13.5. The Bertz CT molecular complexity index is 398. The molecule has 0 aromatic carbocycles. The first kappa shape index (κ1) is 16.2. The average molecular weight is 297 g/mol. The number of ether oxygens (including phenoxy) is 1. The van der Waals surface area contributed by atoms with Crippen molar-refractivity contribution in [2.75, 3.05) is 26.3 Å². The van der Waals surface area contributed by atoms with E-state index in [-0.39, 0.29) is 17.1 Å². The molecule has 0 radical (unpaired) electrons. The molecule has 0 aromatic heterocycles. The molecule has 120 valence electrons. The van der Waals surface area contributed by atoms with E-state index in [9.17, 15) is 9.59 Å². The Labute approximate surface area is 126 Å². The Morgan fingerprint density at radius 3 is 2.14 bits per heavy atom. The monoisotopic (exact) mass is 297 g/mol. The van der Waals surface area contributed by atoms with Crippen molar-refractivity contribution in [3.8, 4) is 0 Å². The molecule has 6 heteroatoms.